The Bertz CT molecular complexity index is 248. The Kier molecular flexibility index (Phi) is 3.40. The standard InChI is InChI=1S/C8H9Br2N/c1-11-8-4-2-3-7(10)6(8)5-9/h2-4,11H,5H2,1H3. The number of anilines is 1. The minimum absolute atomic E-state index is 0.866. The van der Waals surface area contributed by atoms with Crippen molar-refractivity contribution in [3.05, 3.63) is 28.2 Å². The van der Waals surface area contributed by atoms with E-state index in [1.54, 1.807) is 0 Å². The van der Waals surface area contributed by atoms with E-state index in [2.05, 4.69) is 43.2 Å². The molecular weight excluding hydrogens is 270 g/mol. The van der Waals surface area contributed by atoms with E-state index in [1.165, 1.54) is 5.56 Å². The number of nitrogens with one attached hydrogen (secondary N) is 1. The van der Waals surface area contributed by atoms with Gasteiger partial charge in [-0.1, -0.05) is 37.9 Å². The zero-order valence-corrected chi connectivity index (χ0v) is 9.37. The Morgan fingerprint density at radius 1 is 1.45 bits per heavy atom. The Morgan fingerprint density at radius 3 is 2.64 bits per heavy atom. The topological polar surface area (TPSA) is 12.0 Å². The van der Waals surface area contributed by atoms with E-state index in [0.717, 1.165) is 15.5 Å². The lowest BCUT2D eigenvalue weighted by molar-refractivity contribution is 1.36. The summed E-state index contributed by atoms with van der Waals surface area (Å²) in [6, 6.07) is 6.11. The van der Waals surface area contributed by atoms with Crippen molar-refractivity contribution < 1.29 is 0 Å². The third kappa shape index (κ3) is 1.97. The summed E-state index contributed by atoms with van der Waals surface area (Å²) in [5.74, 6) is 0. The van der Waals surface area contributed by atoms with Crippen LogP contribution < -0.4 is 5.32 Å². The monoisotopic (exact) mass is 277 g/mol. The van der Waals surface area contributed by atoms with Gasteiger partial charge in [-0.15, -0.1) is 0 Å². The molecule has 1 aromatic rings. The molecular formula is C8H9Br2N. The van der Waals surface area contributed by atoms with Gasteiger partial charge in [-0.25, -0.2) is 0 Å². The molecule has 0 saturated heterocycles. The molecule has 0 bridgehead atoms. The van der Waals surface area contributed by atoms with Crippen molar-refractivity contribution in [1.82, 2.24) is 0 Å². The number of benzene rings is 1. The van der Waals surface area contributed by atoms with Gasteiger partial charge in [0.2, 0.25) is 0 Å². The van der Waals surface area contributed by atoms with Crippen LogP contribution in [0.15, 0.2) is 22.7 Å². The molecule has 0 saturated carbocycles. The predicted octanol–water partition coefficient (Wildman–Crippen LogP) is 3.39. The quantitative estimate of drug-likeness (QED) is 0.818. The van der Waals surface area contributed by atoms with E-state index in [9.17, 15) is 0 Å². The maximum Gasteiger partial charge on any atom is 0.0390 e. The number of halogens is 2. The van der Waals surface area contributed by atoms with Crippen molar-refractivity contribution in [3.8, 4) is 0 Å². The van der Waals surface area contributed by atoms with Crippen LogP contribution in [-0.2, 0) is 5.33 Å². The van der Waals surface area contributed by atoms with Crippen LogP contribution in [0.2, 0.25) is 0 Å². The van der Waals surface area contributed by atoms with Crippen LogP contribution in [0.1, 0.15) is 5.56 Å². The fourth-order valence-electron chi connectivity index (χ4n) is 0.929. The summed E-state index contributed by atoms with van der Waals surface area (Å²) in [6.07, 6.45) is 0. The molecule has 0 amide bonds. The molecule has 0 radical (unpaired) electrons. The molecule has 0 aliphatic heterocycles. The van der Waals surface area contributed by atoms with Gasteiger partial charge in [0.1, 0.15) is 0 Å². The second-order valence-corrected chi connectivity index (χ2v) is 3.56. The van der Waals surface area contributed by atoms with Gasteiger partial charge in [0.05, 0.1) is 0 Å². The smallest absolute Gasteiger partial charge is 0.0390 e. The van der Waals surface area contributed by atoms with Crippen LogP contribution in [-0.4, -0.2) is 7.05 Å². The zero-order chi connectivity index (χ0) is 8.27. The van der Waals surface area contributed by atoms with E-state index >= 15 is 0 Å². The van der Waals surface area contributed by atoms with Gasteiger partial charge >= 0.3 is 0 Å². The number of alkyl halides is 1. The molecule has 1 aromatic carbocycles. The van der Waals surface area contributed by atoms with E-state index in [1.807, 2.05) is 19.2 Å². The first-order valence-electron chi connectivity index (χ1n) is 3.30. The maximum atomic E-state index is 3.48. The predicted molar refractivity (Wildman–Crippen MR) is 56.3 cm³/mol. The highest BCUT2D eigenvalue weighted by Gasteiger charge is 2.01. The minimum atomic E-state index is 0.866. The first kappa shape index (κ1) is 9.07. The summed E-state index contributed by atoms with van der Waals surface area (Å²) >= 11 is 6.91. The molecule has 0 unspecified atom stereocenters. The average Bonchev–Trinajstić information content (AvgIpc) is 2.04. The second kappa shape index (κ2) is 4.12. The lowest BCUT2D eigenvalue weighted by Gasteiger charge is -2.07. The van der Waals surface area contributed by atoms with Gasteiger partial charge in [-0.05, 0) is 17.7 Å². The van der Waals surface area contributed by atoms with Gasteiger partial charge in [0.15, 0.2) is 0 Å². The largest absolute Gasteiger partial charge is 0.388 e. The van der Waals surface area contributed by atoms with Gasteiger partial charge in [-0.2, -0.15) is 0 Å². The summed E-state index contributed by atoms with van der Waals surface area (Å²) in [5.41, 5.74) is 2.42. The zero-order valence-electron chi connectivity index (χ0n) is 6.20. The molecule has 0 spiro atoms. The first-order chi connectivity index (χ1) is 5.29. The summed E-state index contributed by atoms with van der Waals surface area (Å²) in [7, 11) is 1.92. The molecule has 3 heteroatoms. The molecule has 1 nitrogen and oxygen atoms in total. The average molecular weight is 279 g/mol. The van der Waals surface area contributed by atoms with Crippen LogP contribution in [0.5, 0.6) is 0 Å². The highest BCUT2D eigenvalue weighted by Crippen LogP contribution is 2.26. The van der Waals surface area contributed by atoms with Crippen molar-refractivity contribution in [2.24, 2.45) is 0 Å². The summed E-state index contributed by atoms with van der Waals surface area (Å²) in [5, 5.41) is 3.99. The molecule has 0 heterocycles. The van der Waals surface area contributed by atoms with Crippen LogP contribution >= 0.6 is 31.9 Å². The van der Waals surface area contributed by atoms with Gasteiger partial charge in [0.25, 0.3) is 0 Å². The van der Waals surface area contributed by atoms with Gasteiger partial charge < -0.3 is 5.32 Å². The van der Waals surface area contributed by atoms with Crippen molar-refractivity contribution in [2.75, 3.05) is 12.4 Å². The maximum absolute atomic E-state index is 3.48. The Balaban J connectivity index is 3.13. The normalized spacial score (nSPS) is 9.73. The molecule has 0 aromatic heterocycles. The number of rotatable bonds is 2. The first-order valence-corrected chi connectivity index (χ1v) is 5.22. The summed E-state index contributed by atoms with van der Waals surface area (Å²) in [4.78, 5) is 0. The van der Waals surface area contributed by atoms with E-state index in [4.69, 9.17) is 0 Å². The highest BCUT2D eigenvalue weighted by molar-refractivity contribution is 9.10. The molecule has 0 aliphatic rings. The third-order valence-corrected chi connectivity index (χ3v) is 2.83. The van der Waals surface area contributed by atoms with Crippen LogP contribution in [0.4, 0.5) is 5.69 Å². The number of hydrogen-bond acceptors (Lipinski definition) is 1. The van der Waals surface area contributed by atoms with E-state index < -0.39 is 0 Å². The molecule has 1 rings (SSSR count). The van der Waals surface area contributed by atoms with Crippen molar-refractivity contribution in [3.63, 3.8) is 0 Å². The molecule has 60 valence electrons. The lowest BCUT2D eigenvalue weighted by atomic mass is 10.2. The summed E-state index contributed by atoms with van der Waals surface area (Å²) < 4.78 is 1.14. The lowest BCUT2D eigenvalue weighted by Crippen LogP contribution is -1.93. The Labute approximate surface area is 83.4 Å². The third-order valence-electron chi connectivity index (χ3n) is 1.52. The molecule has 1 N–H and O–H groups in total. The summed E-state index contributed by atoms with van der Waals surface area (Å²) in [6.45, 7) is 0. The number of hydrogen-bond donors (Lipinski definition) is 1. The highest BCUT2D eigenvalue weighted by atomic mass is 79.9. The van der Waals surface area contributed by atoms with Crippen LogP contribution in [0, 0.1) is 0 Å². The Morgan fingerprint density at radius 2 is 2.18 bits per heavy atom. The molecule has 0 atom stereocenters. The fourth-order valence-corrected chi connectivity index (χ4v) is 2.42. The second-order valence-electron chi connectivity index (χ2n) is 2.15. The molecule has 11 heavy (non-hydrogen) atoms. The van der Waals surface area contributed by atoms with Crippen LogP contribution in [0.3, 0.4) is 0 Å². The SMILES string of the molecule is CNc1cccc(Br)c1CBr. The molecule has 0 aliphatic carbocycles. The minimum Gasteiger partial charge on any atom is -0.388 e. The van der Waals surface area contributed by atoms with Crippen LogP contribution in [0.25, 0.3) is 0 Å². The van der Waals surface area contributed by atoms with E-state index in [0.29, 0.717) is 0 Å². The van der Waals surface area contributed by atoms with E-state index in [-0.39, 0.29) is 0 Å². The fraction of sp³-hybridized carbons (Fsp3) is 0.250. The van der Waals surface area contributed by atoms with Crippen molar-refractivity contribution in [2.45, 2.75) is 5.33 Å². The Hall–Kier alpha value is -0.0200. The molecule has 0 fully saturated rings. The van der Waals surface area contributed by atoms with Gasteiger partial charge in [-0.3, -0.25) is 0 Å². The van der Waals surface area contributed by atoms with Crippen molar-refractivity contribution in [1.29, 1.82) is 0 Å². The van der Waals surface area contributed by atoms with Gasteiger partial charge in [0, 0.05) is 22.5 Å². The van der Waals surface area contributed by atoms with Crippen molar-refractivity contribution >= 4 is 37.5 Å².